The SMILES string of the molecule is O=C(O)c1ccc(F)c(Nc2nc3c(F)cccc3s2)c1. The largest absolute Gasteiger partial charge is 0.478 e. The Labute approximate surface area is 121 Å². The zero-order chi connectivity index (χ0) is 15.0. The second-order valence-electron chi connectivity index (χ2n) is 4.23. The monoisotopic (exact) mass is 306 g/mol. The molecule has 2 N–H and O–H groups in total. The Morgan fingerprint density at radius 3 is 2.71 bits per heavy atom. The first-order chi connectivity index (χ1) is 10.0. The molecule has 0 amide bonds. The smallest absolute Gasteiger partial charge is 0.335 e. The third-order valence-electron chi connectivity index (χ3n) is 2.82. The van der Waals surface area contributed by atoms with E-state index >= 15 is 0 Å². The van der Waals surface area contributed by atoms with Crippen LogP contribution in [0.25, 0.3) is 10.2 Å². The van der Waals surface area contributed by atoms with Crippen molar-refractivity contribution in [3.8, 4) is 0 Å². The molecule has 0 atom stereocenters. The summed E-state index contributed by atoms with van der Waals surface area (Å²) in [5.41, 5.74) is 0.125. The van der Waals surface area contributed by atoms with Gasteiger partial charge in [-0.1, -0.05) is 17.4 Å². The summed E-state index contributed by atoms with van der Waals surface area (Å²) in [4.78, 5) is 14.9. The maximum atomic E-state index is 13.7. The molecule has 1 heterocycles. The lowest BCUT2D eigenvalue weighted by Gasteiger charge is -2.05. The summed E-state index contributed by atoms with van der Waals surface area (Å²) >= 11 is 1.15. The molecule has 0 saturated heterocycles. The fourth-order valence-corrected chi connectivity index (χ4v) is 2.73. The number of aromatic carboxylic acids is 1. The van der Waals surface area contributed by atoms with Crippen molar-refractivity contribution in [1.82, 2.24) is 4.98 Å². The predicted octanol–water partition coefficient (Wildman–Crippen LogP) is 4.02. The van der Waals surface area contributed by atoms with Crippen LogP contribution in [0.15, 0.2) is 36.4 Å². The highest BCUT2D eigenvalue weighted by Crippen LogP contribution is 2.30. The highest BCUT2D eigenvalue weighted by molar-refractivity contribution is 7.22. The van der Waals surface area contributed by atoms with Crippen LogP contribution in [0.1, 0.15) is 10.4 Å². The van der Waals surface area contributed by atoms with Crippen molar-refractivity contribution in [2.75, 3.05) is 5.32 Å². The fourth-order valence-electron chi connectivity index (χ4n) is 1.84. The molecule has 106 valence electrons. The van der Waals surface area contributed by atoms with Crippen LogP contribution in [-0.4, -0.2) is 16.1 Å². The van der Waals surface area contributed by atoms with Gasteiger partial charge in [0.2, 0.25) is 0 Å². The van der Waals surface area contributed by atoms with E-state index in [1.807, 2.05) is 0 Å². The molecule has 0 aliphatic carbocycles. The van der Waals surface area contributed by atoms with Gasteiger partial charge in [-0.25, -0.2) is 18.6 Å². The number of thiazole rings is 1. The number of hydrogen-bond acceptors (Lipinski definition) is 4. The van der Waals surface area contributed by atoms with Gasteiger partial charge in [0.15, 0.2) is 5.13 Å². The number of nitrogens with one attached hydrogen (secondary N) is 1. The van der Waals surface area contributed by atoms with E-state index in [0.717, 1.165) is 17.4 Å². The number of fused-ring (bicyclic) bond motifs is 1. The van der Waals surface area contributed by atoms with Crippen LogP contribution in [0.5, 0.6) is 0 Å². The molecule has 3 aromatic rings. The van der Waals surface area contributed by atoms with Gasteiger partial charge in [-0.15, -0.1) is 0 Å². The number of benzene rings is 2. The number of halogens is 2. The molecular weight excluding hydrogens is 298 g/mol. The summed E-state index contributed by atoms with van der Waals surface area (Å²) in [5.74, 6) is -2.23. The summed E-state index contributed by atoms with van der Waals surface area (Å²) in [7, 11) is 0. The standard InChI is InChI=1S/C14H8F2N2O2S/c15-8-5-4-7(13(19)20)6-10(8)17-14-18-12-9(16)2-1-3-11(12)21-14/h1-6H,(H,17,18)(H,19,20). The topological polar surface area (TPSA) is 62.2 Å². The molecule has 0 aliphatic rings. The van der Waals surface area contributed by atoms with E-state index in [9.17, 15) is 13.6 Å². The van der Waals surface area contributed by atoms with Crippen LogP contribution >= 0.6 is 11.3 Å². The zero-order valence-corrected chi connectivity index (χ0v) is 11.2. The molecule has 4 nitrogen and oxygen atoms in total. The Bertz CT molecular complexity index is 848. The third-order valence-corrected chi connectivity index (χ3v) is 3.76. The normalized spacial score (nSPS) is 10.8. The Kier molecular flexibility index (Phi) is 3.26. The first-order valence-electron chi connectivity index (χ1n) is 5.89. The molecule has 1 aromatic heterocycles. The summed E-state index contributed by atoms with van der Waals surface area (Å²) in [5, 5.41) is 11.9. The van der Waals surface area contributed by atoms with Crippen LogP contribution in [-0.2, 0) is 0 Å². The van der Waals surface area contributed by atoms with Crippen molar-refractivity contribution >= 4 is 38.3 Å². The number of nitrogens with zero attached hydrogens (tertiary/aromatic N) is 1. The maximum absolute atomic E-state index is 13.7. The van der Waals surface area contributed by atoms with Crippen molar-refractivity contribution in [3.05, 3.63) is 53.6 Å². The molecule has 0 unspecified atom stereocenters. The molecule has 0 saturated carbocycles. The molecule has 0 aliphatic heterocycles. The van der Waals surface area contributed by atoms with Gasteiger partial charge in [0, 0.05) is 0 Å². The summed E-state index contributed by atoms with van der Waals surface area (Å²) in [6.45, 7) is 0. The number of hydrogen-bond donors (Lipinski definition) is 2. The van der Waals surface area contributed by atoms with Crippen molar-refractivity contribution < 1.29 is 18.7 Å². The average Bonchev–Trinajstić information content (AvgIpc) is 2.85. The van der Waals surface area contributed by atoms with E-state index in [2.05, 4.69) is 10.3 Å². The first-order valence-corrected chi connectivity index (χ1v) is 6.71. The molecule has 0 bridgehead atoms. The molecule has 2 aromatic carbocycles. The molecule has 0 fully saturated rings. The Morgan fingerprint density at radius 1 is 1.19 bits per heavy atom. The maximum Gasteiger partial charge on any atom is 0.335 e. The number of rotatable bonds is 3. The Balaban J connectivity index is 2.00. The second-order valence-corrected chi connectivity index (χ2v) is 5.26. The van der Waals surface area contributed by atoms with Crippen molar-refractivity contribution in [2.45, 2.75) is 0 Å². The number of anilines is 2. The number of para-hydroxylation sites is 1. The lowest BCUT2D eigenvalue weighted by atomic mass is 10.2. The minimum atomic E-state index is -1.16. The van der Waals surface area contributed by atoms with Gasteiger partial charge in [-0.2, -0.15) is 0 Å². The van der Waals surface area contributed by atoms with E-state index in [-0.39, 0.29) is 21.9 Å². The minimum Gasteiger partial charge on any atom is -0.478 e. The third kappa shape index (κ3) is 2.55. The fraction of sp³-hybridized carbons (Fsp3) is 0. The minimum absolute atomic E-state index is 0.0191. The van der Waals surface area contributed by atoms with Crippen LogP contribution < -0.4 is 5.32 Å². The zero-order valence-electron chi connectivity index (χ0n) is 10.4. The molecule has 21 heavy (non-hydrogen) atoms. The summed E-state index contributed by atoms with van der Waals surface area (Å²) in [6.07, 6.45) is 0. The number of carboxylic acids is 1. The number of carboxylic acid groups (broad SMARTS) is 1. The van der Waals surface area contributed by atoms with Crippen LogP contribution in [0.4, 0.5) is 19.6 Å². The quantitative estimate of drug-likeness (QED) is 0.767. The van der Waals surface area contributed by atoms with E-state index in [4.69, 9.17) is 5.11 Å². The predicted molar refractivity (Wildman–Crippen MR) is 76.2 cm³/mol. The van der Waals surface area contributed by atoms with E-state index in [1.54, 1.807) is 12.1 Å². The summed E-state index contributed by atoms with van der Waals surface area (Å²) in [6, 6.07) is 7.94. The molecule has 3 rings (SSSR count). The first kappa shape index (κ1) is 13.4. The van der Waals surface area contributed by atoms with Crippen LogP contribution in [0.3, 0.4) is 0 Å². The van der Waals surface area contributed by atoms with Gasteiger partial charge in [0.05, 0.1) is 16.0 Å². The van der Waals surface area contributed by atoms with Gasteiger partial charge in [-0.05, 0) is 30.3 Å². The van der Waals surface area contributed by atoms with Gasteiger partial charge < -0.3 is 10.4 Å². The van der Waals surface area contributed by atoms with Crippen molar-refractivity contribution in [1.29, 1.82) is 0 Å². The lowest BCUT2D eigenvalue weighted by Crippen LogP contribution is -2.00. The second kappa shape index (κ2) is 5.10. The average molecular weight is 306 g/mol. The highest BCUT2D eigenvalue weighted by Gasteiger charge is 2.12. The lowest BCUT2D eigenvalue weighted by molar-refractivity contribution is 0.0697. The van der Waals surface area contributed by atoms with Crippen LogP contribution in [0, 0.1) is 11.6 Å². The van der Waals surface area contributed by atoms with Crippen molar-refractivity contribution in [3.63, 3.8) is 0 Å². The molecule has 0 spiro atoms. The van der Waals surface area contributed by atoms with E-state index < -0.39 is 17.6 Å². The van der Waals surface area contributed by atoms with Gasteiger partial charge in [0.1, 0.15) is 17.2 Å². The van der Waals surface area contributed by atoms with Crippen LogP contribution in [0.2, 0.25) is 0 Å². The van der Waals surface area contributed by atoms with Crippen molar-refractivity contribution in [2.24, 2.45) is 0 Å². The highest BCUT2D eigenvalue weighted by atomic mass is 32.1. The Morgan fingerprint density at radius 2 is 2.00 bits per heavy atom. The summed E-state index contributed by atoms with van der Waals surface area (Å²) < 4.78 is 27.9. The molecular formula is C14H8F2N2O2S. The Hall–Kier alpha value is -2.54. The van der Waals surface area contributed by atoms with E-state index in [0.29, 0.717) is 4.70 Å². The van der Waals surface area contributed by atoms with Gasteiger partial charge in [0.25, 0.3) is 0 Å². The number of aromatic nitrogens is 1. The van der Waals surface area contributed by atoms with E-state index in [1.165, 1.54) is 18.2 Å². The van der Waals surface area contributed by atoms with Gasteiger partial charge >= 0.3 is 5.97 Å². The molecule has 7 heteroatoms. The molecule has 0 radical (unpaired) electrons. The van der Waals surface area contributed by atoms with Gasteiger partial charge in [-0.3, -0.25) is 0 Å². The number of carbonyl (C=O) groups is 1.